The van der Waals surface area contributed by atoms with Crippen molar-refractivity contribution >= 4 is 17.7 Å². The molecule has 6 heteroatoms. The number of carbonyl (C=O) groups excluding carboxylic acids is 1. The van der Waals surface area contributed by atoms with Crippen LogP contribution in [-0.4, -0.2) is 5.91 Å². The Hall–Kier alpha value is -2.50. The van der Waals surface area contributed by atoms with Crippen LogP contribution in [-0.2, 0) is 11.0 Å². The van der Waals surface area contributed by atoms with E-state index in [-0.39, 0.29) is 5.69 Å². The van der Waals surface area contributed by atoms with Gasteiger partial charge in [-0.1, -0.05) is 6.07 Å². The van der Waals surface area contributed by atoms with E-state index >= 15 is 0 Å². The van der Waals surface area contributed by atoms with E-state index in [9.17, 15) is 18.0 Å². The number of furan rings is 1. The molecule has 1 amide bonds. The van der Waals surface area contributed by atoms with Gasteiger partial charge in [-0.3, -0.25) is 4.79 Å². The maximum absolute atomic E-state index is 12.5. The first-order chi connectivity index (χ1) is 9.45. The third-order valence-electron chi connectivity index (χ3n) is 2.40. The molecule has 0 radical (unpaired) electrons. The molecule has 0 fully saturated rings. The second kappa shape index (κ2) is 5.64. The van der Waals surface area contributed by atoms with Crippen LogP contribution in [0.15, 0.2) is 53.2 Å². The molecule has 0 atom stereocenters. The van der Waals surface area contributed by atoms with Gasteiger partial charge in [-0.05, 0) is 36.4 Å². The minimum atomic E-state index is -4.44. The monoisotopic (exact) mass is 281 g/mol. The molecule has 1 N–H and O–H groups in total. The highest BCUT2D eigenvalue weighted by molar-refractivity contribution is 6.01. The van der Waals surface area contributed by atoms with Crippen molar-refractivity contribution in [1.29, 1.82) is 0 Å². The third-order valence-corrected chi connectivity index (χ3v) is 2.40. The molecule has 1 heterocycles. The Kier molecular flexibility index (Phi) is 3.93. The first kappa shape index (κ1) is 13.9. The van der Waals surface area contributed by atoms with E-state index in [0.29, 0.717) is 5.76 Å². The van der Waals surface area contributed by atoms with E-state index in [1.807, 2.05) is 0 Å². The number of nitrogens with one attached hydrogen (secondary N) is 1. The van der Waals surface area contributed by atoms with Crippen molar-refractivity contribution in [3.63, 3.8) is 0 Å². The molecule has 104 valence electrons. The standard InChI is InChI=1S/C14H10F3NO2/c15-14(16,17)10-3-1-4-11(9-10)18-13(19)7-6-12-5-2-8-20-12/h1-9H,(H,18,19). The summed E-state index contributed by atoms with van der Waals surface area (Å²) in [5, 5.41) is 2.35. The van der Waals surface area contributed by atoms with Gasteiger partial charge in [0.2, 0.25) is 5.91 Å². The summed E-state index contributed by atoms with van der Waals surface area (Å²) in [5.74, 6) is -0.0649. The molecule has 20 heavy (non-hydrogen) atoms. The van der Waals surface area contributed by atoms with Gasteiger partial charge in [0.25, 0.3) is 0 Å². The van der Waals surface area contributed by atoms with Crippen molar-refractivity contribution < 1.29 is 22.4 Å². The molecule has 0 saturated heterocycles. The van der Waals surface area contributed by atoms with Gasteiger partial charge >= 0.3 is 6.18 Å². The molecule has 2 aromatic rings. The number of halogens is 3. The zero-order valence-corrected chi connectivity index (χ0v) is 10.1. The molecule has 2 rings (SSSR count). The van der Waals surface area contributed by atoms with E-state index in [1.165, 1.54) is 30.5 Å². The topological polar surface area (TPSA) is 42.2 Å². The Morgan fingerprint density at radius 1 is 1.20 bits per heavy atom. The Morgan fingerprint density at radius 2 is 2.00 bits per heavy atom. The van der Waals surface area contributed by atoms with Crippen molar-refractivity contribution in [2.24, 2.45) is 0 Å². The quantitative estimate of drug-likeness (QED) is 0.865. The normalized spacial score (nSPS) is 11.8. The fourth-order valence-corrected chi connectivity index (χ4v) is 1.50. The van der Waals surface area contributed by atoms with E-state index < -0.39 is 17.6 Å². The first-order valence-corrected chi connectivity index (χ1v) is 5.65. The Bertz CT molecular complexity index is 616. The number of alkyl halides is 3. The Balaban J connectivity index is 2.05. The molecule has 0 saturated carbocycles. The van der Waals surface area contributed by atoms with Crippen LogP contribution in [0.2, 0.25) is 0 Å². The summed E-state index contributed by atoms with van der Waals surface area (Å²) in [6.45, 7) is 0. The summed E-state index contributed by atoms with van der Waals surface area (Å²) in [6, 6.07) is 7.73. The maximum atomic E-state index is 12.5. The van der Waals surface area contributed by atoms with Gasteiger partial charge in [0.1, 0.15) is 5.76 Å². The van der Waals surface area contributed by atoms with Crippen LogP contribution in [0.5, 0.6) is 0 Å². The average molecular weight is 281 g/mol. The highest BCUT2D eigenvalue weighted by Gasteiger charge is 2.30. The third kappa shape index (κ3) is 3.74. The largest absolute Gasteiger partial charge is 0.465 e. The van der Waals surface area contributed by atoms with Crippen molar-refractivity contribution in [1.82, 2.24) is 0 Å². The van der Waals surface area contributed by atoms with Gasteiger partial charge in [-0.25, -0.2) is 0 Å². The lowest BCUT2D eigenvalue weighted by Crippen LogP contribution is -2.10. The number of hydrogen-bond acceptors (Lipinski definition) is 2. The number of anilines is 1. The molecule has 0 unspecified atom stereocenters. The number of carbonyl (C=O) groups is 1. The van der Waals surface area contributed by atoms with Crippen molar-refractivity contribution in [2.75, 3.05) is 5.32 Å². The molecule has 0 aliphatic rings. The average Bonchev–Trinajstić information content (AvgIpc) is 2.89. The Morgan fingerprint density at radius 3 is 2.65 bits per heavy atom. The molecular weight excluding hydrogens is 271 g/mol. The zero-order chi connectivity index (χ0) is 14.6. The lowest BCUT2D eigenvalue weighted by Gasteiger charge is -2.08. The summed E-state index contributed by atoms with van der Waals surface area (Å²) < 4.78 is 42.5. The SMILES string of the molecule is O=C(C=Cc1ccco1)Nc1cccc(C(F)(F)F)c1. The summed E-state index contributed by atoms with van der Waals surface area (Å²) in [5.41, 5.74) is -0.737. The van der Waals surface area contributed by atoms with Crippen LogP contribution in [0, 0.1) is 0 Å². The Labute approximate surface area is 112 Å². The van der Waals surface area contributed by atoms with Crippen LogP contribution in [0.25, 0.3) is 6.08 Å². The van der Waals surface area contributed by atoms with Gasteiger partial charge in [-0.2, -0.15) is 13.2 Å². The lowest BCUT2D eigenvalue weighted by atomic mass is 10.2. The molecule has 1 aromatic heterocycles. The number of benzene rings is 1. The van der Waals surface area contributed by atoms with Crippen LogP contribution in [0.1, 0.15) is 11.3 Å². The van der Waals surface area contributed by atoms with Crippen LogP contribution in [0.3, 0.4) is 0 Å². The molecule has 3 nitrogen and oxygen atoms in total. The fraction of sp³-hybridized carbons (Fsp3) is 0.0714. The molecule has 0 bridgehead atoms. The highest BCUT2D eigenvalue weighted by Crippen LogP contribution is 2.30. The van der Waals surface area contributed by atoms with E-state index in [0.717, 1.165) is 12.1 Å². The summed E-state index contributed by atoms with van der Waals surface area (Å²) >= 11 is 0. The van der Waals surface area contributed by atoms with Crippen molar-refractivity contribution in [2.45, 2.75) is 6.18 Å². The van der Waals surface area contributed by atoms with E-state index in [4.69, 9.17) is 4.42 Å². The van der Waals surface area contributed by atoms with Crippen LogP contribution < -0.4 is 5.32 Å². The summed E-state index contributed by atoms with van der Waals surface area (Å²) in [6.07, 6.45) is -0.392. The maximum Gasteiger partial charge on any atom is 0.416 e. The molecule has 0 aliphatic carbocycles. The first-order valence-electron chi connectivity index (χ1n) is 5.65. The van der Waals surface area contributed by atoms with Crippen LogP contribution in [0.4, 0.5) is 18.9 Å². The van der Waals surface area contributed by atoms with E-state index in [1.54, 1.807) is 12.1 Å². The van der Waals surface area contributed by atoms with Gasteiger partial charge in [0.15, 0.2) is 0 Å². The zero-order valence-electron chi connectivity index (χ0n) is 10.1. The predicted octanol–water partition coefficient (Wildman–Crippen LogP) is 3.95. The van der Waals surface area contributed by atoms with E-state index in [2.05, 4.69) is 5.32 Å². The predicted molar refractivity (Wildman–Crippen MR) is 67.8 cm³/mol. The van der Waals surface area contributed by atoms with Gasteiger partial charge in [-0.15, -0.1) is 0 Å². The minimum absolute atomic E-state index is 0.0777. The molecule has 0 aliphatic heterocycles. The molecule has 1 aromatic carbocycles. The number of rotatable bonds is 3. The van der Waals surface area contributed by atoms with Gasteiger partial charge in [0.05, 0.1) is 11.8 Å². The summed E-state index contributed by atoms with van der Waals surface area (Å²) in [7, 11) is 0. The molecular formula is C14H10F3NO2. The van der Waals surface area contributed by atoms with Gasteiger partial charge in [0, 0.05) is 11.8 Å². The highest BCUT2D eigenvalue weighted by atomic mass is 19.4. The minimum Gasteiger partial charge on any atom is -0.465 e. The number of hydrogen-bond donors (Lipinski definition) is 1. The van der Waals surface area contributed by atoms with Gasteiger partial charge < -0.3 is 9.73 Å². The lowest BCUT2D eigenvalue weighted by molar-refractivity contribution is -0.137. The van der Waals surface area contributed by atoms with Crippen molar-refractivity contribution in [3.05, 3.63) is 60.1 Å². The smallest absolute Gasteiger partial charge is 0.416 e. The summed E-state index contributed by atoms with van der Waals surface area (Å²) in [4.78, 5) is 11.5. The second-order valence-electron chi connectivity index (χ2n) is 3.92. The second-order valence-corrected chi connectivity index (χ2v) is 3.92. The molecule has 0 spiro atoms. The van der Waals surface area contributed by atoms with Crippen LogP contribution >= 0.6 is 0 Å². The number of amides is 1. The van der Waals surface area contributed by atoms with Crippen molar-refractivity contribution in [3.8, 4) is 0 Å². The fourth-order valence-electron chi connectivity index (χ4n) is 1.50.